The molecule has 0 saturated carbocycles. The van der Waals surface area contributed by atoms with E-state index in [4.69, 9.17) is 4.42 Å². The first kappa shape index (κ1) is 15.1. The van der Waals surface area contributed by atoms with Crippen LogP contribution in [0, 0.1) is 13.8 Å². The van der Waals surface area contributed by atoms with Crippen molar-refractivity contribution in [2.45, 2.75) is 43.6 Å². The van der Waals surface area contributed by atoms with Gasteiger partial charge in [-0.25, -0.2) is 0 Å². The predicted octanol–water partition coefficient (Wildman–Crippen LogP) is 3.11. The number of benzene rings is 1. The second-order valence-electron chi connectivity index (χ2n) is 5.64. The Morgan fingerprint density at radius 2 is 1.95 bits per heavy atom. The first-order valence-corrected chi connectivity index (χ1v) is 8.36. The van der Waals surface area contributed by atoms with E-state index < -0.39 is 0 Å². The van der Waals surface area contributed by atoms with Crippen molar-refractivity contribution < 1.29 is 9.21 Å². The minimum Gasteiger partial charge on any atom is -0.411 e. The third-order valence-corrected chi connectivity index (χ3v) is 4.70. The third kappa shape index (κ3) is 3.50. The van der Waals surface area contributed by atoms with Gasteiger partial charge in [-0.05, 0) is 38.8 Å². The molecule has 1 N–H and O–H groups in total. The second-order valence-corrected chi connectivity index (χ2v) is 6.80. The molecule has 116 valence electrons. The normalized spacial score (nSPS) is 18.8. The van der Waals surface area contributed by atoms with E-state index >= 15 is 0 Å². The van der Waals surface area contributed by atoms with Gasteiger partial charge in [0.15, 0.2) is 0 Å². The number of hydrogen-bond donors (Lipinski definition) is 1. The molecule has 1 aromatic heterocycles. The molecule has 1 saturated heterocycles. The van der Waals surface area contributed by atoms with E-state index in [0.29, 0.717) is 11.1 Å². The average molecular weight is 317 g/mol. The molecule has 0 aliphatic carbocycles. The fourth-order valence-corrected chi connectivity index (χ4v) is 3.55. The van der Waals surface area contributed by atoms with Crippen molar-refractivity contribution in [1.29, 1.82) is 0 Å². The Morgan fingerprint density at radius 3 is 2.73 bits per heavy atom. The lowest BCUT2D eigenvalue weighted by Gasteiger charge is -2.09. The summed E-state index contributed by atoms with van der Waals surface area (Å²) >= 11 is 1.36. The van der Waals surface area contributed by atoms with Crippen LogP contribution in [0.3, 0.4) is 0 Å². The highest BCUT2D eigenvalue weighted by Crippen LogP contribution is 2.30. The van der Waals surface area contributed by atoms with Gasteiger partial charge in [-0.1, -0.05) is 35.4 Å². The van der Waals surface area contributed by atoms with Gasteiger partial charge in [0.25, 0.3) is 5.22 Å². The summed E-state index contributed by atoms with van der Waals surface area (Å²) in [6, 6.07) is 6.14. The number of amides is 1. The Hall–Kier alpha value is -1.82. The SMILES string of the molecule is Cc1cc(C)cc(-c2nnc(S[C@H]3CCCCNC3=O)o2)c1. The zero-order chi connectivity index (χ0) is 15.5. The third-order valence-electron chi connectivity index (χ3n) is 3.60. The number of nitrogens with one attached hydrogen (secondary N) is 1. The summed E-state index contributed by atoms with van der Waals surface area (Å²) in [5.74, 6) is 0.567. The van der Waals surface area contributed by atoms with Gasteiger partial charge in [0, 0.05) is 12.1 Å². The summed E-state index contributed by atoms with van der Waals surface area (Å²) in [6.45, 7) is 4.84. The Kier molecular flexibility index (Phi) is 4.47. The molecule has 1 amide bonds. The van der Waals surface area contributed by atoms with Crippen molar-refractivity contribution in [2.75, 3.05) is 6.54 Å². The van der Waals surface area contributed by atoms with Crippen LogP contribution in [-0.2, 0) is 4.79 Å². The average Bonchev–Trinajstić information content (AvgIpc) is 2.84. The van der Waals surface area contributed by atoms with E-state index in [1.165, 1.54) is 11.8 Å². The molecular weight excluding hydrogens is 298 g/mol. The van der Waals surface area contributed by atoms with Crippen molar-refractivity contribution in [1.82, 2.24) is 15.5 Å². The number of aromatic nitrogens is 2. The molecule has 6 heteroatoms. The minimum absolute atomic E-state index is 0.0636. The molecule has 3 rings (SSSR count). The molecule has 1 aromatic carbocycles. The first-order valence-electron chi connectivity index (χ1n) is 7.48. The molecule has 1 aliphatic heterocycles. The van der Waals surface area contributed by atoms with E-state index in [2.05, 4.69) is 21.6 Å². The molecule has 1 fully saturated rings. The largest absolute Gasteiger partial charge is 0.411 e. The summed E-state index contributed by atoms with van der Waals surface area (Å²) in [6.07, 6.45) is 2.91. The maximum Gasteiger partial charge on any atom is 0.277 e. The van der Waals surface area contributed by atoms with Crippen LogP contribution in [0.1, 0.15) is 30.4 Å². The maximum atomic E-state index is 12.0. The predicted molar refractivity (Wildman–Crippen MR) is 85.7 cm³/mol. The van der Waals surface area contributed by atoms with Crippen LogP contribution in [0.2, 0.25) is 0 Å². The topological polar surface area (TPSA) is 68.0 Å². The van der Waals surface area contributed by atoms with Crippen molar-refractivity contribution in [3.63, 3.8) is 0 Å². The highest BCUT2D eigenvalue weighted by atomic mass is 32.2. The zero-order valence-electron chi connectivity index (χ0n) is 12.8. The lowest BCUT2D eigenvalue weighted by molar-refractivity contribution is -0.120. The zero-order valence-corrected chi connectivity index (χ0v) is 13.6. The van der Waals surface area contributed by atoms with Gasteiger partial charge in [-0.3, -0.25) is 4.79 Å². The molecule has 0 radical (unpaired) electrons. The molecular formula is C16H19N3O2S. The number of carbonyl (C=O) groups is 1. The van der Waals surface area contributed by atoms with Crippen LogP contribution in [0.15, 0.2) is 27.8 Å². The fraction of sp³-hybridized carbons (Fsp3) is 0.438. The van der Waals surface area contributed by atoms with Gasteiger partial charge >= 0.3 is 0 Å². The van der Waals surface area contributed by atoms with Crippen LogP contribution in [0.25, 0.3) is 11.5 Å². The smallest absolute Gasteiger partial charge is 0.277 e. The quantitative estimate of drug-likeness (QED) is 0.942. The van der Waals surface area contributed by atoms with E-state index in [-0.39, 0.29) is 11.2 Å². The number of thioether (sulfide) groups is 1. The van der Waals surface area contributed by atoms with Gasteiger partial charge in [-0.15, -0.1) is 10.2 Å². The van der Waals surface area contributed by atoms with E-state index in [1.54, 1.807) is 0 Å². The Balaban J connectivity index is 1.77. The molecule has 0 bridgehead atoms. The number of rotatable bonds is 3. The van der Waals surface area contributed by atoms with Gasteiger partial charge in [0.05, 0.1) is 5.25 Å². The highest BCUT2D eigenvalue weighted by molar-refractivity contribution is 8.00. The van der Waals surface area contributed by atoms with Crippen LogP contribution >= 0.6 is 11.8 Å². The van der Waals surface area contributed by atoms with Crippen LogP contribution in [0.4, 0.5) is 0 Å². The van der Waals surface area contributed by atoms with Crippen LogP contribution < -0.4 is 5.32 Å². The van der Waals surface area contributed by atoms with Gasteiger partial charge < -0.3 is 9.73 Å². The lowest BCUT2D eigenvalue weighted by Crippen LogP contribution is -2.30. The van der Waals surface area contributed by atoms with Gasteiger partial charge in [0.2, 0.25) is 11.8 Å². The summed E-state index contributed by atoms with van der Waals surface area (Å²) < 4.78 is 5.73. The molecule has 0 unspecified atom stereocenters. The lowest BCUT2D eigenvalue weighted by atomic mass is 10.1. The van der Waals surface area contributed by atoms with Crippen molar-refractivity contribution >= 4 is 17.7 Å². The number of hydrogen-bond acceptors (Lipinski definition) is 5. The highest BCUT2D eigenvalue weighted by Gasteiger charge is 2.24. The minimum atomic E-state index is -0.143. The molecule has 1 aliphatic rings. The summed E-state index contributed by atoms with van der Waals surface area (Å²) in [7, 11) is 0. The molecule has 22 heavy (non-hydrogen) atoms. The monoisotopic (exact) mass is 317 g/mol. The van der Waals surface area contributed by atoms with E-state index in [1.807, 2.05) is 26.0 Å². The number of nitrogens with zero attached hydrogens (tertiary/aromatic N) is 2. The molecule has 5 nitrogen and oxygen atoms in total. The first-order chi connectivity index (χ1) is 10.6. The number of carbonyl (C=O) groups excluding carboxylic acids is 1. The standard InChI is InChI=1S/C16H19N3O2S/c1-10-7-11(2)9-12(8-10)15-18-19-16(21-15)22-13-5-3-4-6-17-14(13)20/h7-9,13H,3-6H2,1-2H3,(H,17,20)/t13-/m0/s1. The van der Waals surface area contributed by atoms with Crippen molar-refractivity contribution in [3.05, 3.63) is 29.3 Å². The van der Waals surface area contributed by atoms with E-state index in [9.17, 15) is 4.79 Å². The maximum absolute atomic E-state index is 12.0. The number of aryl methyl sites for hydroxylation is 2. The summed E-state index contributed by atoms with van der Waals surface area (Å²) in [5, 5.41) is 11.4. The molecule has 0 spiro atoms. The summed E-state index contributed by atoms with van der Waals surface area (Å²) in [4.78, 5) is 12.0. The van der Waals surface area contributed by atoms with Crippen molar-refractivity contribution in [2.24, 2.45) is 0 Å². The van der Waals surface area contributed by atoms with Crippen LogP contribution in [-0.4, -0.2) is 27.9 Å². The van der Waals surface area contributed by atoms with Crippen molar-refractivity contribution in [3.8, 4) is 11.5 Å². The van der Waals surface area contributed by atoms with Crippen LogP contribution in [0.5, 0.6) is 0 Å². The Morgan fingerprint density at radius 1 is 1.18 bits per heavy atom. The Labute approximate surface area is 133 Å². The Bertz CT molecular complexity index is 664. The fourth-order valence-electron chi connectivity index (χ4n) is 2.62. The van der Waals surface area contributed by atoms with E-state index in [0.717, 1.165) is 42.5 Å². The summed E-state index contributed by atoms with van der Waals surface area (Å²) in [5.41, 5.74) is 3.23. The molecule has 2 heterocycles. The van der Waals surface area contributed by atoms with Gasteiger partial charge in [0.1, 0.15) is 0 Å². The van der Waals surface area contributed by atoms with Gasteiger partial charge in [-0.2, -0.15) is 0 Å². The molecule has 2 aromatic rings. The molecule has 1 atom stereocenters. The second kappa shape index (κ2) is 6.52.